The van der Waals surface area contributed by atoms with Crippen molar-refractivity contribution in [2.75, 3.05) is 0 Å². The van der Waals surface area contributed by atoms with Crippen LogP contribution in [-0.2, 0) is 4.79 Å². The number of carbonyl (C=O) groups excluding carboxylic acids is 1. The van der Waals surface area contributed by atoms with Gasteiger partial charge in [-0.25, -0.2) is 5.43 Å². The van der Waals surface area contributed by atoms with Gasteiger partial charge in [0, 0.05) is 0 Å². The molecule has 1 amide bonds. The topological polar surface area (TPSA) is 50.7 Å². The first kappa shape index (κ1) is 14.8. The standard InChI is InChI=1S/C17H18N2O2/c1-2-16(21-15-11-7-4-8-12-15)17(20)19-18-13-14-9-5-3-6-10-14/h3-13,16H,2H2,1H3,(H,19,20)/b18-13-/t16-/m1/s1. The van der Waals surface area contributed by atoms with Crippen LogP contribution < -0.4 is 10.2 Å². The van der Waals surface area contributed by atoms with E-state index < -0.39 is 6.10 Å². The molecule has 0 aliphatic heterocycles. The van der Waals surface area contributed by atoms with Gasteiger partial charge in [-0.15, -0.1) is 0 Å². The van der Waals surface area contributed by atoms with Gasteiger partial charge in [0.25, 0.3) is 5.91 Å². The average Bonchev–Trinajstić information content (AvgIpc) is 2.54. The van der Waals surface area contributed by atoms with E-state index in [4.69, 9.17) is 4.74 Å². The lowest BCUT2D eigenvalue weighted by Crippen LogP contribution is -2.35. The van der Waals surface area contributed by atoms with Crippen molar-refractivity contribution in [3.63, 3.8) is 0 Å². The Morgan fingerprint density at radius 1 is 1.14 bits per heavy atom. The molecule has 0 aromatic heterocycles. The summed E-state index contributed by atoms with van der Waals surface area (Å²) in [6, 6.07) is 18.9. The number of benzene rings is 2. The number of nitrogens with one attached hydrogen (secondary N) is 1. The second kappa shape index (κ2) is 7.85. The molecule has 1 N–H and O–H groups in total. The molecule has 2 aromatic rings. The van der Waals surface area contributed by atoms with Crippen LogP contribution >= 0.6 is 0 Å². The van der Waals surface area contributed by atoms with Crippen LogP contribution in [0.2, 0.25) is 0 Å². The molecule has 0 unspecified atom stereocenters. The molecule has 0 aliphatic carbocycles. The first-order valence-electron chi connectivity index (χ1n) is 6.89. The van der Waals surface area contributed by atoms with Crippen LogP contribution in [0.15, 0.2) is 65.8 Å². The van der Waals surface area contributed by atoms with Crippen molar-refractivity contribution < 1.29 is 9.53 Å². The molecule has 0 saturated carbocycles. The second-order valence-electron chi connectivity index (χ2n) is 4.47. The molecule has 2 rings (SSSR count). The smallest absolute Gasteiger partial charge is 0.281 e. The number of amides is 1. The highest BCUT2D eigenvalue weighted by Crippen LogP contribution is 2.12. The fourth-order valence-corrected chi connectivity index (χ4v) is 1.77. The van der Waals surface area contributed by atoms with E-state index >= 15 is 0 Å². The van der Waals surface area contributed by atoms with Crippen LogP contribution in [-0.4, -0.2) is 18.2 Å². The van der Waals surface area contributed by atoms with E-state index in [1.165, 1.54) is 0 Å². The summed E-state index contributed by atoms with van der Waals surface area (Å²) in [5.74, 6) is 0.417. The Bertz CT molecular complexity index is 582. The predicted octanol–water partition coefficient (Wildman–Crippen LogP) is 2.99. The minimum Gasteiger partial charge on any atom is -0.481 e. The third-order valence-electron chi connectivity index (χ3n) is 2.87. The van der Waals surface area contributed by atoms with E-state index in [0.29, 0.717) is 12.2 Å². The summed E-state index contributed by atoms with van der Waals surface area (Å²) in [4.78, 5) is 12.0. The number of ether oxygens (including phenoxy) is 1. The summed E-state index contributed by atoms with van der Waals surface area (Å²) in [5.41, 5.74) is 3.43. The number of hydrazone groups is 1. The van der Waals surface area contributed by atoms with Crippen LogP contribution in [0.5, 0.6) is 5.75 Å². The van der Waals surface area contributed by atoms with Gasteiger partial charge in [0.05, 0.1) is 6.21 Å². The highest BCUT2D eigenvalue weighted by molar-refractivity contribution is 5.84. The van der Waals surface area contributed by atoms with Gasteiger partial charge < -0.3 is 4.74 Å². The Hall–Kier alpha value is -2.62. The third-order valence-corrected chi connectivity index (χ3v) is 2.87. The zero-order valence-corrected chi connectivity index (χ0v) is 11.9. The molecule has 108 valence electrons. The summed E-state index contributed by atoms with van der Waals surface area (Å²) in [6.07, 6.45) is 1.62. The minimum absolute atomic E-state index is 0.256. The fourth-order valence-electron chi connectivity index (χ4n) is 1.77. The first-order chi connectivity index (χ1) is 10.3. The number of hydrogen-bond donors (Lipinski definition) is 1. The molecule has 21 heavy (non-hydrogen) atoms. The summed E-state index contributed by atoms with van der Waals surface area (Å²) in [5, 5.41) is 3.95. The van der Waals surface area contributed by atoms with E-state index in [1.807, 2.05) is 67.6 Å². The number of hydrogen-bond acceptors (Lipinski definition) is 3. The van der Waals surface area contributed by atoms with E-state index in [0.717, 1.165) is 5.56 Å². The highest BCUT2D eigenvalue weighted by Gasteiger charge is 2.17. The molecule has 1 atom stereocenters. The molecule has 4 nitrogen and oxygen atoms in total. The van der Waals surface area contributed by atoms with Gasteiger partial charge in [-0.3, -0.25) is 4.79 Å². The van der Waals surface area contributed by atoms with Gasteiger partial charge in [0.1, 0.15) is 5.75 Å². The van der Waals surface area contributed by atoms with Crippen molar-refractivity contribution in [3.8, 4) is 5.75 Å². The normalized spacial score (nSPS) is 12.0. The van der Waals surface area contributed by atoms with Crippen molar-refractivity contribution in [2.24, 2.45) is 5.10 Å². The molecule has 0 bridgehead atoms. The van der Waals surface area contributed by atoms with Crippen molar-refractivity contribution >= 4 is 12.1 Å². The average molecular weight is 282 g/mol. The van der Waals surface area contributed by atoms with Gasteiger partial charge in [0.15, 0.2) is 6.10 Å². The summed E-state index contributed by atoms with van der Waals surface area (Å²) >= 11 is 0. The van der Waals surface area contributed by atoms with Crippen LogP contribution in [0.4, 0.5) is 0 Å². The molecule has 0 heterocycles. The van der Waals surface area contributed by atoms with Gasteiger partial charge >= 0.3 is 0 Å². The van der Waals surface area contributed by atoms with Crippen molar-refractivity contribution in [1.29, 1.82) is 0 Å². The Balaban J connectivity index is 1.90. The summed E-state index contributed by atoms with van der Waals surface area (Å²) in [6.45, 7) is 1.90. The summed E-state index contributed by atoms with van der Waals surface area (Å²) < 4.78 is 5.64. The molecule has 4 heteroatoms. The van der Waals surface area contributed by atoms with E-state index in [2.05, 4.69) is 10.5 Å². The lowest BCUT2D eigenvalue weighted by Gasteiger charge is -2.15. The lowest BCUT2D eigenvalue weighted by molar-refractivity contribution is -0.128. The quantitative estimate of drug-likeness (QED) is 0.654. The lowest BCUT2D eigenvalue weighted by atomic mass is 10.2. The van der Waals surface area contributed by atoms with E-state index in [1.54, 1.807) is 6.21 Å². The van der Waals surface area contributed by atoms with Crippen molar-refractivity contribution in [1.82, 2.24) is 5.43 Å². The number of carbonyl (C=O) groups is 1. The maximum absolute atomic E-state index is 12.0. The Morgan fingerprint density at radius 2 is 1.76 bits per heavy atom. The van der Waals surface area contributed by atoms with Crippen LogP contribution in [0.1, 0.15) is 18.9 Å². The zero-order valence-electron chi connectivity index (χ0n) is 11.9. The van der Waals surface area contributed by atoms with E-state index in [9.17, 15) is 4.79 Å². The molecular formula is C17H18N2O2. The van der Waals surface area contributed by atoms with E-state index in [-0.39, 0.29) is 5.91 Å². The molecular weight excluding hydrogens is 264 g/mol. The predicted molar refractivity (Wildman–Crippen MR) is 83.3 cm³/mol. The second-order valence-corrected chi connectivity index (χ2v) is 4.47. The van der Waals surface area contributed by atoms with Gasteiger partial charge in [-0.2, -0.15) is 5.10 Å². The Labute approximate surface area is 124 Å². The molecule has 0 spiro atoms. The molecule has 2 aromatic carbocycles. The fraction of sp³-hybridized carbons (Fsp3) is 0.176. The van der Waals surface area contributed by atoms with Gasteiger partial charge in [-0.05, 0) is 24.1 Å². The minimum atomic E-state index is -0.555. The van der Waals surface area contributed by atoms with Gasteiger partial charge in [0.2, 0.25) is 0 Å². The largest absolute Gasteiger partial charge is 0.481 e. The maximum Gasteiger partial charge on any atom is 0.281 e. The Morgan fingerprint density at radius 3 is 2.38 bits per heavy atom. The molecule has 0 aliphatic rings. The first-order valence-corrected chi connectivity index (χ1v) is 6.89. The summed E-state index contributed by atoms with van der Waals surface area (Å²) in [7, 11) is 0. The van der Waals surface area contributed by atoms with Gasteiger partial charge in [-0.1, -0.05) is 55.5 Å². The SMILES string of the molecule is CC[C@@H](Oc1ccccc1)C(=O)N/N=C\c1ccccc1. The third kappa shape index (κ3) is 4.76. The Kier molecular flexibility index (Phi) is 5.52. The van der Waals surface area contributed by atoms with Crippen molar-refractivity contribution in [3.05, 3.63) is 66.2 Å². The monoisotopic (exact) mass is 282 g/mol. The zero-order chi connectivity index (χ0) is 14.9. The van der Waals surface area contributed by atoms with Crippen LogP contribution in [0.3, 0.4) is 0 Å². The van der Waals surface area contributed by atoms with Crippen LogP contribution in [0.25, 0.3) is 0 Å². The number of rotatable bonds is 6. The number of para-hydroxylation sites is 1. The molecule has 0 fully saturated rings. The molecule has 0 radical (unpaired) electrons. The maximum atomic E-state index is 12.0. The van der Waals surface area contributed by atoms with Crippen LogP contribution in [0, 0.1) is 0 Å². The number of nitrogens with zero attached hydrogens (tertiary/aromatic N) is 1. The van der Waals surface area contributed by atoms with Crippen molar-refractivity contribution in [2.45, 2.75) is 19.4 Å². The molecule has 0 saturated heterocycles. The highest BCUT2D eigenvalue weighted by atomic mass is 16.5.